The highest BCUT2D eigenvalue weighted by Gasteiger charge is 2.30. The van der Waals surface area contributed by atoms with Crippen molar-refractivity contribution in [3.63, 3.8) is 0 Å². The predicted molar refractivity (Wildman–Crippen MR) is 69.7 cm³/mol. The third-order valence-corrected chi connectivity index (χ3v) is 4.40. The van der Waals surface area contributed by atoms with Gasteiger partial charge in [0.2, 0.25) is 5.91 Å². The first-order chi connectivity index (χ1) is 8.70. The average Bonchev–Trinajstić information content (AvgIpc) is 2.40. The summed E-state index contributed by atoms with van der Waals surface area (Å²) in [6.07, 6.45) is 4.72. The van der Waals surface area contributed by atoms with Crippen molar-refractivity contribution in [2.45, 2.75) is 25.7 Å². The molecular weight excluding hydrogens is 230 g/mol. The van der Waals surface area contributed by atoms with Crippen LogP contribution in [-0.2, 0) is 9.53 Å². The number of amides is 1. The number of carbonyl (C=O) groups is 1. The molecule has 0 radical (unpaired) electrons. The fourth-order valence-corrected chi connectivity index (χ4v) is 3.23. The molecule has 18 heavy (non-hydrogen) atoms. The van der Waals surface area contributed by atoms with Gasteiger partial charge in [0.1, 0.15) is 6.61 Å². The van der Waals surface area contributed by atoms with E-state index < -0.39 is 0 Å². The van der Waals surface area contributed by atoms with E-state index in [0.717, 1.165) is 50.9 Å². The summed E-state index contributed by atoms with van der Waals surface area (Å²) < 4.78 is 4.90. The molecule has 2 fully saturated rings. The van der Waals surface area contributed by atoms with Crippen molar-refractivity contribution in [1.29, 1.82) is 0 Å². The molecule has 2 N–H and O–H groups in total. The van der Waals surface area contributed by atoms with Crippen LogP contribution in [0.4, 0.5) is 0 Å². The lowest BCUT2D eigenvalue weighted by Crippen LogP contribution is -2.45. The van der Waals surface area contributed by atoms with Crippen LogP contribution < -0.4 is 5.84 Å². The molecule has 2 heterocycles. The lowest BCUT2D eigenvalue weighted by molar-refractivity contribution is -0.136. The standard InChI is InChI=1S/C13H25N3O2/c1-18-10-13(17)15-6-2-11(3-7-15)12-4-8-16(14)9-5-12/h11-12H,2-10,14H2,1H3. The van der Waals surface area contributed by atoms with Gasteiger partial charge in [-0.2, -0.15) is 0 Å². The van der Waals surface area contributed by atoms with E-state index in [-0.39, 0.29) is 12.5 Å². The summed E-state index contributed by atoms with van der Waals surface area (Å²) in [5, 5.41) is 1.92. The van der Waals surface area contributed by atoms with Crippen LogP contribution in [0.2, 0.25) is 0 Å². The number of ether oxygens (including phenoxy) is 1. The van der Waals surface area contributed by atoms with Gasteiger partial charge in [-0.15, -0.1) is 0 Å². The second-order valence-corrected chi connectivity index (χ2v) is 5.52. The number of rotatable bonds is 3. The van der Waals surface area contributed by atoms with Crippen LogP contribution in [-0.4, -0.2) is 55.7 Å². The molecule has 0 aromatic carbocycles. The summed E-state index contributed by atoms with van der Waals surface area (Å²) in [6, 6.07) is 0. The number of hydrogen-bond donors (Lipinski definition) is 1. The first-order valence-electron chi connectivity index (χ1n) is 6.97. The molecule has 0 bridgehead atoms. The second kappa shape index (κ2) is 6.50. The van der Waals surface area contributed by atoms with Crippen LogP contribution in [0.3, 0.4) is 0 Å². The Morgan fingerprint density at radius 3 is 2.11 bits per heavy atom. The number of nitrogens with two attached hydrogens (primary N) is 1. The number of likely N-dealkylation sites (tertiary alicyclic amines) is 1. The van der Waals surface area contributed by atoms with E-state index in [9.17, 15) is 4.79 Å². The number of methoxy groups -OCH3 is 1. The zero-order chi connectivity index (χ0) is 13.0. The average molecular weight is 255 g/mol. The number of carbonyl (C=O) groups excluding carboxylic acids is 1. The smallest absolute Gasteiger partial charge is 0.248 e. The number of nitrogens with zero attached hydrogens (tertiary/aromatic N) is 2. The van der Waals surface area contributed by atoms with Crippen LogP contribution in [0.15, 0.2) is 0 Å². The first-order valence-corrected chi connectivity index (χ1v) is 6.97. The third kappa shape index (κ3) is 3.43. The molecule has 2 rings (SSSR count). The lowest BCUT2D eigenvalue weighted by atomic mass is 9.79. The largest absolute Gasteiger partial charge is 0.375 e. The summed E-state index contributed by atoms with van der Waals surface area (Å²) in [6.45, 7) is 4.06. The molecule has 5 heteroatoms. The van der Waals surface area contributed by atoms with Crippen molar-refractivity contribution < 1.29 is 9.53 Å². The van der Waals surface area contributed by atoms with Gasteiger partial charge < -0.3 is 9.64 Å². The Kier molecular flexibility index (Phi) is 4.97. The maximum atomic E-state index is 11.7. The molecule has 0 spiro atoms. The molecule has 0 aromatic rings. The van der Waals surface area contributed by atoms with Crippen LogP contribution in [0.1, 0.15) is 25.7 Å². The molecule has 104 valence electrons. The molecule has 0 atom stereocenters. The molecule has 1 amide bonds. The Morgan fingerprint density at radius 1 is 1.11 bits per heavy atom. The maximum absolute atomic E-state index is 11.7. The second-order valence-electron chi connectivity index (χ2n) is 5.52. The maximum Gasteiger partial charge on any atom is 0.248 e. The quantitative estimate of drug-likeness (QED) is 0.744. The van der Waals surface area contributed by atoms with Crippen molar-refractivity contribution in [2.75, 3.05) is 39.9 Å². The van der Waals surface area contributed by atoms with Crippen molar-refractivity contribution >= 4 is 5.91 Å². The van der Waals surface area contributed by atoms with Crippen molar-refractivity contribution in [2.24, 2.45) is 17.7 Å². The van der Waals surface area contributed by atoms with Gasteiger partial charge in [-0.25, -0.2) is 5.01 Å². The highest BCUT2D eigenvalue weighted by Crippen LogP contribution is 2.31. The molecule has 0 saturated carbocycles. The molecule has 2 aliphatic rings. The van der Waals surface area contributed by atoms with Gasteiger partial charge in [-0.05, 0) is 37.5 Å². The minimum absolute atomic E-state index is 0.132. The highest BCUT2D eigenvalue weighted by atomic mass is 16.5. The zero-order valence-corrected chi connectivity index (χ0v) is 11.3. The fourth-order valence-electron chi connectivity index (χ4n) is 3.23. The van der Waals surface area contributed by atoms with Gasteiger partial charge >= 0.3 is 0 Å². The minimum Gasteiger partial charge on any atom is -0.375 e. The minimum atomic E-state index is 0.132. The summed E-state index contributed by atoms with van der Waals surface area (Å²) in [7, 11) is 1.57. The molecule has 0 unspecified atom stereocenters. The summed E-state index contributed by atoms with van der Waals surface area (Å²) in [5.74, 6) is 7.51. The number of hydrazine groups is 1. The van der Waals surface area contributed by atoms with E-state index >= 15 is 0 Å². The van der Waals surface area contributed by atoms with Gasteiger partial charge in [0.25, 0.3) is 0 Å². The zero-order valence-electron chi connectivity index (χ0n) is 11.3. The summed E-state index contributed by atoms with van der Waals surface area (Å²) >= 11 is 0. The van der Waals surface area contributed by atoms with Gasteiger partial charge in [-0.1, -0.05) is 0 Å². The Labute approximate surface area is 109 Å². The van der Waals surface area contributed by atoms with E-state index in [1.54, 1.807) is 7.11 Å². The van der Waals surface area contributed by atoms with E-state index in [2.05, 4.69) is 0 Å². The number of piperidine rings is 2. The van der Waals surface area contributed by atoms with Gasteiger partial charge in [-0.3, -0.25) is 10.6 Å². The van der Waals surface area contributed by atoms with Gasteiger partial charge in [0, 0.05) is 33.3 Å². The van der Waals surface area contributed by atoms with Crippen LogP contribution in [0, 0.1) is 11.8 Å². The highest BCUT2D eigenvalue weighted by molar-refractivity contribution is 5.77. The summed E-state index contributed by atoms with van der Waals surface area (Å²) in [5.41, 5.74) is 0. The molecule has 2 aliphatic heterocycles. The number of hydrogen-bond acceptors (Lipinski definition) is 4. The Hall–Kier alpha value is -0.650. The van der Waals surface area contributed by atoms with Crippen LogP contribution in [0.25, 0.3) is 0 Å². The Bertz CT molecular complexity index is 269. The van der Waals surface area contributed by atoms with E-state index in [0.29, 0.717) is 0 Å². The van der Waals surface area contributed by atoms with Crippen molar-refractivity contribution in [3.05, 3.63) is 0 Å². The summed E-state index contributed by atoms with van der Waals surface area (Å²) in [4.78, 5) is 13.6. The Morgan fingerprint density at radius 2 is 1.61 bits per heavy atom. The van der Waals surface area contributed by atoms with Gasteiger partial charge in [0.15, 0.2) is 0 Å². The first kappa shape index (κ1) is 13.8. The van der Waals surface area contributed by atoms with Crippen LogP contribution >= 0.6 is 0 Å². The fraction of sp³-hybridized carbons (Fsp3) is 0.923. The molecule has 0 aliphatic carbocycles. The Balaban J connectivity index is 1.74. The van der Waals surface area contributed by atoms with E-state index in [1.807, 2.05) is 9.91 Å². The molecular formula is C13H25N3O2. The van der Waals surface area contributed by atoms with Crippen molar-refractivity contribution in [1.82, 2.24) is 9.91 Å². The van der Waals surface area contributed by atoms with E-state index in [1.165, 1.54) is 12.8 Å². The molecule has 5 nitrogen and oxygen atoms in total. The van der Waals surface area contributed by atoms with Crippen molar-refractivity contribution in [3.8, 4) is 0 Å². The monoisotopic (exact) mass is 255 g/mol. The molecule has 2 saturated heterocycles. The van der Waals surface area contributed by atoms with Crippen LogP contribution in [0.5, 0.6) is 0 Å². The predicted octanol–water partition coefficient (Wildman–Crippen LogP) is 0.457. The lowest BCUT2D eigenvalue weighted by Gasteiger charge is -2.39. The molecule has 0 aromatic heterocycles. The topological polar surface area (TPSA) is 58.8 Å². The van der Waals surface area contributed by atoms with Gasteiger partial charge in [0.05, 0.1) is 0 Å². The normalized spacial score (nSPS) is 24.4. The third-order valence-electron chi connectivity index (χ3n) is 4.40. The SMILES string of the molecule is COCC(=O)N1CCC(C2CCN(N)CC2)CC1. The van der Waals surface area contributed by atoms with E-state index in [4.69, 9.17) is 10.6 Å².